The van der Waals surface area contributed by atoms with E-state index >= 15 is 0 Å². The molecule has 0 fully saturated rings. The number of furan rings is 1. The van der Waals surface area contributed by atoms with Crippen LogP contribution in [-0.2, 0) is 6.54 Å². The van der Waals surface area contributed by atoms with Gasteiger partial charge >= 0.3 is 0 Å². The number of anilines is 1. The maximum atomic E-state index is 5.24. The summed E-state index contributed by atoms with van der Waals surface area (Å²) in [5, 5.41) is 10.8. The Kier molecular flexibility index (Phi) is 2.79. The molecular weight excluding hydrogens is 230 g/mol. The summed E-state index contributed by atoms with van der Waals surface area (Å²) in [6.45, 7) is 0.660. The second kappa shape index (κ2) is 4.75. The zero-order chi connectivity index (χ0) is 12.2. The van der Waals surface area contributed by atoms with Crippen molar-refractivity contribution in [1.82, 2.24) is 10.2 Å². The minimum atomic E-state index is 0.521. The van der Waals surface area contributed by atoms with Crippen LogP contribution in [0.2, 0.25) is 0 Å². The number of rotatable bonds is 4. The molecule has 0 unspecified atom stereocenters. The Labute approximate surface area is 103 Å². The Morgan fingerprint density at radius 2 is 1.94 bits per heavy atom. The van der Waals surface area contributed by atoms with Crippen molar-refractivity contribution in [3.8, 4) is 11.5 Å². The van der Waals surface area contributed by atoms with E-state index in [4.69, 9.17) is 8.83 Å². The fourth-order valence-electron chi connectivity index (χ4n) is 1.63. The summed E-state index contributed by atoms with van der Waals surface area (Å²) in [5.74, 6) is 1.42. The van der Waals surface area contributed by atoms with Crippen LogP contribution >= 0.6 is 0 Å². The number of nitrogens with one attached hydrogen (secondary N) is 1. The van der Waals surface area contributed by atoms with E-state index in [0.29, 0.717) is 12.4 Å². The highest BCUT2D eigenvalue weighted by molar-refractivity contribution is 5.58. The molecule has 0 radical (unpaired) electrons. The van der Waals surface area contributed by atoms with Gasteiger partial charge < -0.3 is 14.2 Å². The quantitative estimate of drug-likeness (QED) is 0.760. The van der Waals surface area contributed by atoms with E-state index in [1.165, 1.54) is 6.39 Å². The molecule has 5 nitrogen and oxygen atoms in total. The van der Waals surface area contributed by atoms with Crippen molar-refractivity contribution in [1.29, 1.82) is 0 Å². The van der Waals surface area contributed by atoms with E-state index in [-0.39, 0.29) is 0 Å². The molecule has 3 aromatic rings. The molecule has 2 heterocycles. The smallest absolute Gasteiger partial charge is 0.247 e. The van der Waals surface area contributed by atoms with Gasteiger partial charge in [-0.25, -0.2) is 0 Å². The van der Waals surface area contributed by atoms with Crippen LogP contribution in [0.5, 0.6) is 0 Å². The van der Waals surface area contributed by atoms with E-state index in [1.807, 2.05) is 36.4 Å². The minimum absolute atomic E-state index is 0.521. The summed E-state index contributed by atoms with van der Waals surface area (Å²) < 4.78 is 10.4. The van der Waals surface area contributed by atoms with Gasteiger partial charge in [0.05, 0.1) is 12.8 Å². The van der Waals surface area contributed by atoms with Gasteiger partial charge in [0.1, 0.15) is 5.76 Å². The first-order valence-electron chi connectivity index (χ1n) is 5.55. The van der Waals surface area contributed by atoms with Gasteiger partial charge in [-0.1, -0.05) is 0 Å². The number of nitrogens with zero attached hydrogens (tertiary/aromatic N) is 2. The Morgan fingerprint density at radius 1 is 1.06 bits per heavy atom. The van der Waals surface area contributed by atoms with Gasteiger partial charge in [0, 0.05) is 11.3 Å². The predicted molar refractivity (Wildman–Crippen MR) is 65.8 cm³/mol. The standard InChI is InChI=1S/C13H11N3O2/c1-2-12(17-7-1)8-14-11-5-3-10(4-6-11)13-16-15-9-18-13/h1-7,9,14H,8H2. The van der Waals surface area contributed by atoms with Gasteiger partial charge in [-0.15, -0.1) is 10.2 Å². The lowest BCUT2D eigenvalue weighted by molar-refractivity contribution is 0.518. The molecule has 0 bridgehead atoms. The van der Waals surface area contributed by atoms with Gasteiger partial charge in [-0.05, 0) is 36.4 Å². The van der Waals surface area contributed by atoms with Gasteiger partial charge in [-0.2, -0.15) is 0 Å². The molecule has 1 aromatic carbocycles. The van der Waals surface area contributed by atoms with Gasteiger partial charge in [0.25, 0.3) is 0 Å². The molecule has 0 amide bonds. The average Bonchev–Trinajstić information content (AvgIpc) is 3.10. The highest BCUT2D eigenvalue weighted by Gasteiger charge is 2.03. The molecule has 18 heavy (non-hydrogen) atoms. The zero-order valence-corrected chi connectivity index (χ0v) is 9.54. The summed E-state index contributed by atoms with van der Waals surface area (Å²) in [5.41, 5.74) is 1.91. The number of hydrogen-bond donors (Lipinski definition) is 1. The largest absolute Gasteiger partial charge is 0.467 e. The lowest BCUT2D eigenvalue weighted by Gasteiger charge is -2.04. The van der Waals surface area contributed by atoms with Crippen molar-refractivity contribution >= 4 is 5.69 Å². The fraction of sp³-hybridized carbons (Fsp3) is 0.0769. The van der Waals surface area contributed by atoms with Crippen LogP contribution in [0.15, 0.2) is 57.9 Å². The number of benzene rings is 1. The van der Waals surface area contributed by atoms with Crippen molar-refractivity contribution < 1.29 is 8.83 Å². The summed E-state index contributed by atoms with van der Waals surface area (Å²) in [7, 11) is 0. The second-order valence-corrected chi connectivity index (χ2v) is 3.75. The Morgan fingerprint density at radius 3 is 2.61 bits per heavy atom. The molecule has 0 saturated heterocycles. The Balaban J connectivity index is 1.68. The van der Waals surface area contributed by atoms with E-state index < -0.39 is 0 Å². The number of aromatic nitrogens is 2. The molecule has 1 N–H and O–H groups in total. The highest BCUT2D eigenvalue weighted by atomic mass is 16.4. The van der Waals surface area contributed by atoms with Crippen molar-refractivity contribution in [2.45, 2.75) is 6.54 Å². The molecule has 3 rings (SSSR count). The predicted octanol–water partition coefficient (Wildman–Crippen LogP) is 2.94. The summed E-state index contributed by atoms with van der Waals surface area (Å²) >= 11 is 0. The summed E-state index contributed by atoms with van der Waals surface area (Å²) in [6.07, 6.45) is 2.98. The normalized spacial score (nSPS) is 10.4. The van der Waals surface area contributed by atoms with E-state index in [2.05, 4.69) is 15.5 Å². The van der Waals surface area contributed by atoms with Crippen LogP contribution in [0.1, 0.15) is 5.76 Å². The van der Waals surface area contributed by atoms with Crippen LogP contribution in [-0.4, -0.2) is 10.2 Å². The molecule has 5 heteroatoms. The Hall–Kier alpha value is -2.56. The van der Waals surface area contributed by atoms with E-state index in [9.17, 15) is 0 Å². The molecule has 0 spiro atoms. The average molecular weight is 241 g/mol. The molecule has 0 saturated carbocycles. The number of hydrogen-bond acceptors (Lipinski definition) is 5. The molecule has 90 valence electrons. The zero-order valence-electron chi connectivity index (χ0n) is 9.54. The van der Waals surface area contributed by atoms with Gasteiger partial charge in [0.2, 0.25) is 12.3 Å². The van der Waals surface area contributed by atoms with E-state index in [1.54, 1.807) is 6.26 Å². The topological polar surface area (TPSA) is 64.1 Å². The first-order chi connectivity index (χ1) is 8.92. The molecule has 0 atom stereocenters. The van der Waals surface area contributed by atoms with Crippen molar-refractivity contribution in [3.63, 3.8) is 0 Å². The molecule has 2 aromatic heterocycles. The van der Waals surface area contributed by atoms with Crippen LogP contribution in [0.4, 0.5) is 5.69 Å². The van der Waals surface area contributed by atoms with Crippen molar-refractivity contribution in [3.05, 3.63) is 54.8 Å². The maximum Gasteiger partial charge on any atom is 0.247 e. The molecule has 0 aliphatic heterocycles. The molecule has 0 aliphatic carbocycles. The first-order valence-corrected chi connectivity index (χ1v) is 5.55. The van der Waals surface area contributed by atoms with Crippen LogP contribution in [0.3, 0.4) is 0 Å². The van der Waals surface area contributed by atoms with Gasteiger partial charge in [-0.3, -0.25) is 0 Å². The van der Waals surface area contributed by atoms with Crippen molar-refractivity contribution in [2.24, 2.45) is 0 Å². The third-order valence-corrected chi connectivity index (χ3v) is 2.54. The monoisotopic (exact) mass is 241 g/mol. The fourth-order valence-corrected chi connectivity index (χ4v) is 1.63. The summed E-state index contributed by atoms with van der Waals surface area (Å²) in [6, 6.07) is 11.6. The SMILES string of the molecule is c1coc(CNc2ccc(-c3nnco3)cc2)c1. The van der Waals surface area contributed by atoms with Crippen LogP contribution < -0.4 is 5.32 Å². The second-order valence-electron chi connectivity index (χ2n) is 3.75. The molecular formula is C13H11N3O2. The minimum Gasteiger partial charge on any atom is -0.467 e. The lowest BCUT2D eigenvalue weighted by Crippen LogP contribution is -1.97. The summed E-state index contributed by atoms with van der Waals surface area (Å²) in [4.78, 5) is 0. The highest BCUT2D eigenvalue weighted by Crippen LogP contribution is 2.19. The van der Waals surface area contributed by atoms with E-state index in [0.717, 1.165) is 17.0 Å². The van der Waals surface area contributed by atoms with Crippen molar-refractivity contribution in [2.75, 3.05) is 5.32 Å². The van der Waals surface area contributed by atoms with Crippen LogP contribution in [0, 0.1) is 0 Å². The third kappa shape index (κ3) is 2.24. The maximum absolute atomic E-state index is 5.24. The lowest BCUT2D eigenvalue weighted by atomic mass is 10.2. The third-order valence-electron chi connectivity index (χ3n) is 2.54. The van der Waals surface area contributed by atoms with Crippen LogP contribution in [0.25, 0.3) is 11.5 Å². The molecule has 0 aliphatic rings. The first kappa shape index (κ1) is 10.6. The van der Waals surface area contributed by atoms with Gasteiger partial charge in [0.15, 0.2) is 0 Å². The Bertz CT molecular complexity index is 586.